The first-order valence-corrected chi connectivity index (χ1v) is 8.47. The smallest absolute Gasteiger partial charge is 0.274 e. The van der Waals surface area contributed by atoms with E-state index in [-0.39, 0.29) is 17.4 Å². The molecule has 1 aromatic heterocycles. The van der Waals surface area contributed by atoms with E-state index < -0.39 is 0 Å². The summed E-state index contributed by atoms with van der Waals surface area (Å²) in [5.74, 6) is -0.647. The van der Waals surface area contributed by atoms with Crippen LogP contribution in [0.25, 0.3) is 0 Å². The molecule has 4 nitrogen and oxygen atoms in total. The Morgan fingerprint density at radius 1 is 1.04 bits per heavy atom. The standard InChI is InChI=1S/C19H14Cl2FN3O/c20-13-3-7-17(16(21)9-13)25-19(26)18-8-6-15(11-24-18)23-10-12-1-4-14(22)5-2-12/h1-9,11,23H,10H2,(H,25,26). The SMILES string of the molecule is O=C(Nc1ccc(Cl)cc1Cl)c1ccc(NCc2ccc(F)cc2)cn1. The molecule has 0 saturated carbocycles. The average molecular weight is 390 g/mol. The summed E-state index contributed by atoms with van der Waals surface area (Å²) in [4.78, 5) is 16.4. The lowest BCUT2D eigenvalue weighted by Crippen LogP contribution is -2.14. The molecule has 0 atom stereocenters. The van der Waals surface area contributed by atoms with Crippen molar-refractivity contribution >= 4 is 40.5 Å². The molecule has 7 heteroatoms. The number of carbonyl (C=O) groups excluding carboxylic acids is 1. The number of pyridine rings is 1. The van der Waals surface area contributed by atoms with E-state index in [2.05, 4.69) is 15.6 Å². The summed E-state index contributed by atoms with van der Waals surface area (Å²) < 4.78 is 12.9. The van der Waals surface area contributed by atoms with Crippen molar-refractivity contribution in [2.24, 2.45) is 0 Å². The van der Waals surface area contributed by atoms with Gasteiger partial charge in [-0.15, -0.1) is 0 Å². The number of benzene rings is 2. The zero-order valence-corrected chi connectivity index (χ0v) is 15.0. The Balaban J connectivity index is 1.61. The molecule has 2 N–H and O–H groups in total. The van der Waals surface area contributed by atoms with Gasteiger partial charge >= 0.3 is 0 Å². The van der Waals surface area contributed by atoms with Crippen LogP contribution in [0, 0.1) is 5.82 Å². The van der Waals surface area contributed by atoms with Gasteiger partial charge in [-0.25, -0.2) is 9.37 Å². The van der Waals surface area contributed by atoms with E-state index in [0.29, 0.717) is 22.3 Å². The molecule has 0 spiro atoms. The number of nitrogens with one attached hydrogen (secondary N) is 2. The minimum atomic E-state index is -0.376. The highest BCUT2D eigenvalue weighted by atomic mass is 35.5. The fourth-order valence-corrected chi connectivity index (χ4v) is 2.67. The maximum Gasteiger partial charge on any atom is 0.274 e. The van der Waals surface area contributed by atoms with E-state index in [9.17, 15) is 9.18 Å². The van der Waals surface area contributed by atoms with Gasteiger partial charge in [0.25, 0.3) is 5.91 Å². The first-order chi connectivity index (χ1) is 12.5. The normalized spacial score (nSPS) is 10.4. The third kappa shape index (κ3) is 4.71. The molecule has 26 heavy (non-hydrogen) atoms. The average Bonchev–Trinajstić information content (AvgIpc) is 2.64. The van der Waals surface area contributed by atoms with Gasteiger partial charge in [0.2, 0.25) is 0 Å². The van der Waals surface area contributed by atoms with Crippen LogP contribution < -0.4 is 10.6 Å². The fraction of sp³-hybridized carbons (Fsp3) is 0.0526. The summed E-state index contributed by atoms with van der Waals surface area (Å²) >= 11 is 11.9. The van der Waals surface area contributed by atoms with Crippen molar-refractivity contribution < 1.29 is 9.18 Å². The lowest BCUT2D eigenvalue weighted by atomic mass is 10.2. The van der Waals surface area contributed by atoms with Gasteiger partial charge in [0.15, 0.2) is 0 Å². The number of rotatable bonds is 5. The van der Waals surface area contributed by atoms with Gasteiger partial charge in [0.05, 0.1) is 22.6 Å². The number of nitrogens with zero attached hydrogens (tertiary/aromatic N) is 1. The molecule has 0 bridgehead atoms. The number of hydrogen-bond acceptors (Lipinski definition) is 3. The molecule has 0 saturated heterocycles. The van der Waals surface area contributed by atoms with Crippen molar-refractivity contribution in [1.29, 1.82) is 0 Å². The summed E-state index contributed by atoms with van der Waals surface area (Å²) in [6, 6.07) is 14.4. The number of halogens is 3. The lowest BCUT2D eigenvalue weighted by Gasteiger charge is -2.09. The third-order valence-electron chi connectivity index (χ3n) is 3.59. The van der Waals surface area contributed by atoms with Crippen LogP contribution >= 0.6 is 23.2 Å². The van der Waals surface area contributed by atoms with Gasteiger partial charge < -0.3 is 10.6 Å². The van der Waals surface area contributed by atoms with Crippen molar-refractivity contribution in [3.63, 3.8) is 0 Å². The van der Waals surface area contributed by atoms with Crippen LogP contribution in [0.3, 0.4) is 0 Å². The van der Waals surface area contributed by atoms with Gasteiger partial charge in [0.1, 0.15) is 11.5 Å². The lowest BCUT2D eigenvalue weighted by molar-refractivity contribution is 0.102. The molecule has 3 aromatic rings. The minimum Gasteiger partial charge on any atom is -0.380 e. The van der Waals surface area contributed by atoms with Crippen molar-refractivity contribution in [3.05, 3.63) is 87.9 Å². The van der Waals surface area contributed by atoms with Crippen molar-refractivity contribution in [2.75, 3.05) is 10.6 Å². The molecular weight excluding hydrogens is 376 g/mol. The van der Waals surface area contributed by atoms with Gasteiger partial charge in [-0.2, -0.15) is 0 Å². The summed E-state index contributed by atoms with van der Waals surface area (Å²) in [7, 11) is 0. The molecule has 1 amide bonds. The van der Waals surface area contributed by atoms with E-state index in [1.54, 1.807) is 48.7 Å². The van der Waals surface area contributed by atoms with E-state index in [4.69, 9.17) is 23.2 Å². The van der Waals surface area contributed by atoms with Crippen LogP contribution in [0.1, 0.15) is 16.1 Å². The first-order valence-electron chi connectivity index (χ1n) is 7.72. The second kappa shape index (κ2) is 8.17. The molecule has 0 aliphatic rings. The molecule has 0 aliphatic carbocycles. The molecule has 1 heterocycles. The topological polar surface area (TPSA) is 54.0 Å². The first kappa shape index (κ1) is 18.2. The number of amides is 1. The Morgan fingerprint density at radius 3 is 2.46 bits per heavy atom. The quantitative estimate of drug-likeness (QED) is 0.614. The number of anilines is 2. The Hall–Kier alpha value is -2.63. The molecule has 2 aromatic carbocycles. The number of hydrogen-bond donors (Lipinski definition) is 2. The molecule has 3 rings (SSSR count). The third-order valence-corrected chi connectivity index (χ3v) is 4.13. The summed E-state index contributed by atoms with van der Waals surface area (Å²) in [5, 5.41) is 6.69. The van der Waals surface area contributed by atoms with Crippen molar-refractivity contribution in [1.82, 2.24) is 4.98 Å². The largest absolute Gasteiger partial charge is 0.380 e. The van der Waals surface area contributed by atoms with Gasteiger partial charge in [-0.3, -0.25) is 4.79 Å². The Bertz CT molecular complexity index is 915. The van der Waals surface area contributed by atoms with Crippen LogP contribution in [0.2, 0.25) is 10.0 Å². The predicted molar refractivity (Wildman–Crippen MR) is 102 cm³/mol. The van der Waals surface area contributed by atoms with Gasteiger partial charge in [0, 0.05) is 11.6 Å². The molecular formula is C19H14Cl2FN3O. The second-order valence-corrected chi connectivity index (χ2v) is 6.33. The highest BCUT2D eigenvalue weighted by molar-refractivity contribution is 6.36. The monoisotopic (exact) mass is 389 g/mol. The summed E-state index contributed by atoms with van der Waals surface area (Å²) in [6.07, 6.45) is 1.56. The maximum atomic E-state index is 12.9. The van der Waals surface area contributed by atoms with Crippen LogP contribution in [-0.2, 0) is 6.54 Å². The van der Waals surface area contributed by atoms with Crippen molar-refractivity contribution in [2.45, 2.75) is 6.54 Å². The zero-order valence-electron chi connectivity index (χ0n) is 13.5. The number of aromatic nitrogens is 1. The maximum absolute atomic E-state index is 12.9. The Kier molecular flexibility index (Phi) is 5.71. The van der Waals surface area contributed by atoms with Crippen LogP contribution in [-0.4, -0.2) is 10.9 Å². The molecule has 0 unspecified atom stereocenters. The molecule has 0 radical (unpaired) electrons. The highest BCUT2D eigenvalue weighted by Gasteiger charge is 2.10. The summed E-state index contributed by atoms with van der Waals surface area (Å²) in [6.45, 7) is 0.522. The Morgan fingerprint density at radius 2 is 1.81 bits per heavy atom. The van der Waals surface area contributed by atoms with Crippen LogP contribution in [0.4, 0.5) is 15.8 Å². The molecule has 0 fully saturated rings. The van der Waals surface area contributed by atoms with Crippen LogP contribution in [0.5, 0.6) is 0 Å². The van der Waals surface area contributed by atoms with E-state index in [1.807, 2.05) is 0 Å². The van der Waals surface area contributed by atoms with Gasteiger partial charge in [-0.1, -0.05) is 35.3 Å². The van der Waals surface area contributed by atoms with Crippen molar-refractivity contribution in [3.8, 4) is 0 Å². The zero-order chi connectivity index (χ0) is 18.5. The molecule has 0 aliphatic heterocycles. The summed E-state index contributed by atoms with van der Waals surface area (Å²) in [5.41, 5.74) is 2.39. The highest BCUT2D eigenvalue weighted by Crippen LogP contribution is 2.25. The predicted octanol–water partition coefficient (Wildman–Crippen LogP) is 5.39. The Labute approximate surface area is 160 Å². The fourth-order valence-electron chi connectivity index (χ4n) is 2.22. The second-order valence-electron chi connectivity index (χ2n) is 5.49. The minimum absolute atomic E-state index is 0.253. The van der Waals surface area contributed by atoms with Gasteiger partial charge in [-0.05, 0) is 48.0 Å². The van der Waals surface area contributed by atoms with E-state index >= 15 is 0 Å². The van der Waals surface area contributed by atoms with E-state index in [1.165, 1.54) is 12.1 Å². The number of carbonyl (C=O) groups is 1. The molecule has 132 valence electrons. The van der Waals surface area contributed by atoms with E-state index in [0.717, 1.165) is 11.3 Å². The van der Waals surface area contributed by atoms with Crippen LogP contribution in [0.15, 0.2) is 60.8 Å².